The maximum Gasteiger partial charge on any atom is 0.224 e. The maximum atomic E-state index is 12.4. The van der Waals surface area contributed by atoms with Crippen molar-refractivity contribution in [1.29, 1.82) is 0 Å². The van der Waals surface area contributed by atoms with E-state index in [2.05, 4.69) is 31.1 Å². The maximum absolute atomic E-state index is 12.4. The average Bonchev–Trinajstić information content (AvgIpc) is 2.98. The van der Waals surface area contributed by atoms with Gasteiger partial charge in [-0.1, -0.05) is 27.2 Å². The van der Waals surface area contributed by atoms with Gasteiger partial charge < -0.3 is 15.6 Å². The van der Waals surface area contributed by atoms with E-state index in [9.17, 15) is 4.79 Å². The van der Waals surface area contributed by atoms with Crippen LogP contribution in [0.2, 0.25) is 0 Å². The molecule has 3 atom stereocenters. The monoisotopic (exact) mass is 278 g/mol. The summed E-state index contributed by atoms with van der Waals surface area (Å²) in [6, 6.07) is 0.0841. The molecular formula is C15H26N4O. The topological polar surface area (TPSA) is 72.9 Å². The molecule has 1 aromatic rings. The first-order valence-electron chi connectivity index (χ1n) is 7.39. The Balaban J connectivity index is 2.02. The largest absolute Gasteiger partial charge is 0.351 e. The van der Waals surface area contributed by atoms with Crippen LogP contribution in [-0.4, -0.2) is 27.5 Å². The average molecular weight is 278 g/mol. The van der Waals surface area contributed by atoms with Gasteiger partial charge in [-0.3, -0.25) is 4.79 Å². The molecule has 0 saturated heterocycles. The second-order valence-electron chi connectivity index (χ2n) is 6.89. The van der Waals surface area contributed by atoms with Crippen LogP contribution >= 0.6 is 0 Å². The molecule has 20 heavy (non-hydrogen) atoms. The fraction of sp³-hybridized carbons (Fsp3) is 0.733. The van der Waals surface area contributed by atoms with Gasteiger partial charge in [-0.25, -0.2) is 4.98 Å². The minimum Gasteiger partial charge on any atom is -0.351 e. The molecule has 5 heteroatoms. The number of hydrogen-bond acceptors (Lipinski definition) is 3. The molecule has 0 spiro atoms. The van der Waals surface area contributed by atoms with E-state index in [-0.39, 0.29) is 29.3 Å². The lowest BCUT2D eigenvalue weighted by Crippen LogP contribution is -2.50. The molecule has 1 amide bonds. The molecule has 112 valence electrons. The highest BCUT2D eigenvalue weighted by atomic mass is 16.2. The molecule has 1 aromatic heterocycles. The van der Waals surface area contributed by atoms with Crippen LogP contribution < -0.4 is 11.1 Å². The molecule has 1 fully saturated rings. The van der Waals surface area contributed by atoms with Crippen molar-refractivity contribution in [3.8, 4) is 0 Å². The molecular weight excluding hydrogens is 252 g/mol. The van der Waals surface area contributed by atoms with E-state index in [0.29, 0.717) is 0 Å². The smallest absolute Gasteiger partial charge is 0.224 e. The Morgan fingerprint density at radius 1 is 1.50 bits per heavy atom. The summed E-state index contributed by atoms with van der Waals surface area (Å²) in [7, 11) is 0. The van der Waals surface area contributed by atoms with Gasteiger partial charge in [0, 0.05) is 25.0 Å². The van der Waals surface area contributed by atoms with E-state index in [4.69, 9.17) is 5.73 Å². The molecule has 1 saturated carbocycles. The summed E-state index contributed by atoms with van der Waals surface area (Å²) < 4.78 is 2.00. The lowest BCUT2D eigenvalue weighted by Gasteiger charge is -2.33. The molecule has 0 aliphatic heterocycles. The standard InChI is InChI=1S/C15H26N4O/c1-15(2,3)13(9-19-8-7-17-10-19)18-14(20)11-5-4-6-12(11)16/h7-8,10-13H,4-6,9,16H2,1-3H3,(H,18,20). The van der Waals surface area contributed by atoms with Crippen LogP contribution in [-0.2, 0) is 11.3 Å². The number of aromatic nitrogens is 2. The minimum absolute atomic E-state index is 0.0113. The number of nitrogens with two attached hydrogens (primary N) is 1. The van der Waals surface area contributed by atoms with Crippen molar-refractivity contribution in [1.82, 2.24) is 14.9 Å². The Morgan fingerprint density at radius 3 is 2.75 bits per heavy atom. The van der Waals surface area contributed by atoms with Crippen LogP contribution in [0.4, 0.5) is 0 Å². The fourth-order valence-electron chi connectivity index (χ4n) is 2.73. The molecule has 0 radical (unpaired) electrons. The third-order valence-corrected chi connectivity index (χ3v) is 4.22. The zero-order chi connectivity index (χ0) is 14.8. The van der Waals surface area contributed by atoms with E-state index < -0.39 is 0 Å². The number of carbonyl (C=O) groups is 1. The molecule has 1 aliphatic carbocycles. The van der Waals surface area contributed by atoms with Gasteiger partial charge in [-0.05, 0) is 18.3 Å². The second kappa shape index (κ2) is 5.95. The number of hydrogen-bond donors (Lipinski definition) is 2. The number of nitrogens with one attached hydrogen (secondary N) is 1. The molecule has 2 rings (SSSR count). The van der Waals surface area contributed by atoms with E-state index in [1.165, 1.54) is 0 Å². The highest BCUT2D eigenvalue weighted by Gasteiger charge is 2.34. The van der Waals surface area contributed by atoms with Crippen LogP contribution in [0.5, 0.6) is 0 Å². The van der Waals surface area contributed by atoms with E-state index in [1.807, 2.05) is 10.8 Å². The molecule has 0 aromatic carbocycles. The van der Waals surface area contributed by atoms with Gasteiger partial charge in [0.2, 0.25) is 5.91 Å². The van der Waals surface area contributed by atoms with Crippen LogP contribution in [0.15, 0.2) is 18.7 Å². The predicted octanol–water partition coefficient (Wildman–Crippen LogP) is 1.54. The van der Waals surface area contributed by atoms with Gasteiger partial charge in [-0.2, -0.15) is 0 Å². The first-order valence-corrected chi connectivity index (χ1v) is 7.39. The highest BCUT2D eigenvalue weighted by Crippen LogP contribution is 2.26. The third kappa shape index (κ3) is 3.60. The van der Waals surface area contributed by atoms with Crippen molar-refractivity contribution in [2.75, 3.05) is 0 Å². The molecule has 0 bridgehead atoms. The summed E-state index contributed by atoms with van der Waals surface area (Å²) in [6.07, 6.45) is 8.39. The summed E-state index contributed by atoms with van der Waals surface area (Å²) in [5.41, 5.74) is 6.01. The molecule has 5 nitrogen and oxygen atoms in total. The zero-order valence-corrected chi connectivity index (χ0v) is 12.7. The van der Waals surface area contributed by atoms with Gasteiger partial charge in [0.05, 0.1) is 18.3 Å². The number of imidazole rings is 1. The molecule has 3 N–H and O–H groups in total. The number of nitrogens with zero attached hydrogens (tertiary/aromatic N) is 2. The molecule has 1 aliphatic rings. The minimum atomic E-state index is -0.0253. The van der Waals surface area contributed by atoms with Crippen molar-refractivity contribution in [2.24, 2.45) is 17.1 Å². The van der Waals surface area contributed by atoms with Gasteiger partial charge in [0.25, 0.3) is 0 Å². The van der Waals surface area contributed by atoms with E-state index >= 15 is 0 Å². The summed E-state index contributed by atoms with van der Waals surface area (Å²) >= 11 is 0. The lowest BCUT2D eigenvalue weighted by atomic mass is 9.86. The lowest BCUT2D eigenvalue weighted by molar-refractivity contribution is -0.126. The van der Waals surface area contributed by atoms with E-state index in [1.54, 1.807) is 12.5 Å². The first kappa shape index (κ1) is 15.0. The van der Waals surface area contributed by atoms with Crippen LogP contribution in [0, 0.1) is 11.3 Å². The van der Waals surface area contributed by atoms with Crippen molar-refractivity contribution >= 4 is 5.91 Å². The van der Waals surface area contributed by atoms with Crippen molar-refractivity contribution in [3.63, 3.8) is 0 Å². The second-order valence-corrected chi connectivity index (χ2v) is 6.89. The quantitative estimate of drug-likeness (QED) is 0.877. The summed E-state index contributed by atoms with van der Waals surface area (Å²) in [4.78, 5) is 16.5. The normalized spacial score (nSPS) is 24.6. The Labute approximate surface area is 120 Å². The Hall–Kier alpha value is -1.36. The first-order chi connectivity index (χ1) is 9.38. The number of carbonyl (C=O) groups excluding carboxylic acids is 1. The van der Waals surface area contributed by atoms with Crippen molar-refractivity contribution in [2.45, 2.75) is 58.7 Å². The summed E-state index contributed by atoms with van der Waals surface area (Å²) in [5, 5.41) is 3.20. The summed E-state index contributed by atoms with van der Waals surface area (Å²) in [5.74, 6) is 0.0812. The van der Waals surface area contributed by atoms with Crippen molar-refractivity contribution in [3.05, 3.63) is 18.7 Å². The number of amides is 1. The van der Waals surface area contributed by atoms with Crippen molar-refractivity contribution < 1.29 is 4.79 Å². The van der Waals surface area contributed by atoms with Gasteiger partial charge in [0.15, 0.2) is 0 Å². The third-order valence-electron chi connectivity index (χ3n) is 4.22. The Morgan fingerprint density at radius 2 is 2.25 bits per heavy atom. The fourth-order valence-corrected chi connectivity index (χ4v) is 2.73. The predicted molar refractivity (Wildman–Crippen MR) is 78.9 cm³/mol. The van der Waals surface area contributed by atoms with Crippen LogP contribution in [0.3, 0.4) is 0 Å². The van der Waals surface area contributed by atoms with Gasteiger partial charge in [0.1, 0.15) is 0 Å². The molecule has 3 unspecified atom stereocenters. The van der Waals surface area contributed by atoms with Crippen LogP contribution in [0.25, 0.3) is 0 Å². The Bertz CT molecular complexity index is 435. The van der Waals surface area contributed by atoms with Gasteiger partial charge in [-0.15, -0.1) is 0 Å². The van der Waals surface area contributed by atoms with E-state index in [0.717, 1.165) is 25.8 Å². The van der Waals surface area contributed by atoms with Crippen LogP contribution in [0.1, 0.15) is 40.0 Å². The number of rotatable bonds is 4. The SMILES string of the molecule is CC(C)(C)C(Cn1ccnc1)NC(=O)C1CCCC1N. The molecule has 1 heterocycles. The summed E-state index contributed by atoms with van der Waals surface area (Å²) in [6.45, 7) is 7.16. The zero-order valence-electron chi connectivity index (χ0n) is 12.7. The van der Waals surface area contributed by atoms with Gasteiger partial charge >= 0.3 is 0 Å². The Kier molecular flexibility index (Phi) is 4.48. The highest BCUT2D eigenvalue weighted by molar-refractivity contribution is 5.80.